The van der Waals surface area contributed by atoms with Gasteiger partial charge in [0.25, 0.3) is 0 Å². The topological polar surface area (TPSA) is 84.8 Å². The Morgan fingerprint density at radius 3 is 2.41 bits per heavy atom. The average molecular weight is 371 g/mol. The van der Waals surface area contributed by atoms with E-state index in [1.54, 1.807) is 12.1 Å². The third-order valence-corrected chi connectivity index (χ3v) is 4.52. The van der Waals surface area contributed by atoms with Crippen LogP contribution in [-0.2, 0) is 12.8 Å². The van der Waals surface area contributed by atoms with Crippen LogP contribution in [0.2, 0.25) is 0 Å². The van der Waals surface area contributed by atoms with Crippen LogP contribution in [0.3, 0.4) is 0 Å². The van der Waals surface area contributed by atoms with E-state index in [0.29, 0.717) is 26.1 Å². The lowest BCUT2D eigenvalue weighted by atomic mass is 10.0. The summed E-state index contributed by atoms with van der Waals surface area (Å²) in [5.74, 6) is 0.231. The Hall–Kier alpha value is -2.57. The van der Waals surface area contributed by atoms with Crippen molar-refractivity contribution in [2.75, 3.05) is 33.3 Å². The number of carbonyl (C=O) groups is 1. The van der Waals surface area contributed by atoms with Crippen LogP contribution in [0.15, 0.2) is 54.6 Å². The molecule has 4 N–H and O–H groups in total. The summed E-state index contributed by atoms with van der Waals surface area (Å²) in [5, 5.41) is 24.4. The predicted octanol–water partition coefficient (Wildman–Crippen LogP) is 1.77. The number of hydrogen-bond donors (Lipinski definition) is 4. The lowest BCUT2D eigenvalue weighted by Crippen LogP contribution is -2.47. The molecule has 2 rings (SSSR count). The molecule has 0 spiro atoms. The monoisotopic (exact) mass is 371 g/mol. The number of aromatic hydroxyl groups is 1. The van der Waals surface area contributed by atoms with Crippen LogP contribution >= 0.6 is 0 Å². The summed E-state index contributed by atoms with van der Waals surface area (Å²) in [4.78, 5) is 14.1. The SMILES string of the molecule is CN(CCO)[C@H](CNC(=O)NCCc1ccccc1)Cc1ccc(O)cc1. The number of nitrogens with zero attached hydrogens (tertiary/aromatic N) is 1. The van der Waals surface area contributed by atoms with Crippen LogP contribution in [0.5, 0.6) is 5.75 Å². The molecule has 0 radical (unpaired) electrons. The van der Waals surface area contributed by atoms with Crippen molar-refractivity contribution < 1.29 is 15.0 Å². The van der Waals surface area contributed by atoms with Gasteiger partial charge >= 0.3 is 6.03 Å². The third-order valence-electron chi connectivity index (χ3n) is 4.52. The molecule has 0 fully saturated rings. The number of phenolic OH excluding ortho intramolecular Hbond substituents is 1. The van der Waals surface area contributed by atoms with Gasteiger partial charge in [0.1, 0.15) is 5.75 Å². The van der Waals surface area contributed by atoms with Crippen molar-refractivity contribution in [1.82, 2.24) is 15.5 Å². The normalized spacial score (nSPS) is 12.0. The van der Waals surface area contributed by atoms with E-state index in [0.717, 1.165) is 12.0 Å². The summed E-state index contributed by atoms with van der Waals surface area (Å²) in [6.45, 7) is 1.63. The van der Waals surface area contributed by atoms with Crippen LogP contribution in [-0.4, -0.2) is 60.5 Å². The quantitative estimate of drug-likeness (QED) is 0.513. The summed E-state index contributed by atoms with van der Waals surface area (Å²) in [7, 11) is 1.93. The number of aliphatic hydroxyl groups is 1. The van der Waals surface area contributed by atoms with Gasteiger partial charge in [-0.1, -0.05) is 42.5 Å². The Balaban J connectivity index is 1.81. The Bertz CT molecular complexity index is 677. The van der Waals surface area contributed by atoms with Crippen LogP contribution in [0, 0.1) is 0 Å². The highest BCUT2D eigenvalue weighted by Crippen LogP contribution is 2.13. The van der Waals surface area contributed by atoms with Gasteiger partial charge in [-0.05, 0) is 43.1 Å². The van der Waals surface area contributed by atoms with Gasteiger partial charge in [-0.25, -0.2) is 4.79 Å². The zero-order valence-electron chi connectivity index (χ0n) is 15.8. The molecule has 6 heteroatoms. The van der Waals surface area contributed by atoms with Gasteiger partial charge in [0.05, 0.1) is 6.61 Å². The number of benzene rings is 2. The van der Waals surface area contributed by atoms with E-state index in [9.17, 15) is 15.0 Å². The molecule has 0 saturated heterocycles. The van der Waals surface area contributed by atoms with E-state index >= 15 is 0 Å². The molecule has 1 atom stereocenters. The number of phenols is 1. The van der Waals surface area contributed by atoms with Crippen molar-refractivity contribution in [1.29, 1.82) is 0 Å². The minimum atomic E-state index is -0.195. The van der Waals surface area contributed by atoms with Crippen LogP contribution in [0.25, 0.3) is 0 Å². The van der Waals surface area contributed by atoms with Gasteiger partial charge in [0, 0.05) is 25.7 Å². The van der Waals surface area contributed by atoms with Gasteiger partial charge < -0.3 is 20.8 Å². The van der Waals surface area contributed by atoms with Crippen molar-refractivity contribution in [3.05, 3.63) is 65.7 Å². The average Bonchev–Trinajstić information content (AvgIpc) is 2.67. The van der Waals surface area contributed by atoms with E-state index in [1.165, 1.54) is 5.56 Å². The minimum absolute atomic E-state index is 0.0431. The second-order valence-electron chi connectivity index (χ2n) is 6.60. The van der Waals surface area contributed by atoms with Crippen LogP contribution < -0.4 is 10.6 Å². The zero-order chi connectivity index (χ0) is 19.5. The van der Waals surface area contributed by atoms with E-state index in [1.807, 2.05) is 54.4 Å². The van der Waals surface area contributed by atoms with Crippen LogP contribution in [0.1, 0.15) is 11.1 Å². The van der Waals surface area contributed by atoms with Crippen molar-refractivity contribution in [2.24, 2.45) is 0 Å². The highest BCUT2D eigenvalue weighted by atomic mass is 16.3. The maximum absolute atomic E-state index is 12.1. The Labute approximate surface area is 160 Å². The first-order chi connectivity index (χ1) is 13.1. The van der Waals surface area contributed by atoms with E-state index in [4.69, 9.17) is 0 Å². The molecule has 27 heavy (non-hydrogen) atoms. The zero-order valence-corrected chi connectivity index (χ0v) is 15.8. The lowest BCUT2D eigenvalue weighted by molar-refractivity contribution is 0.175. The second-order valence-corrected chi connectivity index (χ2v) is 6.60. The van der Waals surface area contributed by atoms with Gasteiger partial charge in [0.2, 0.25) is 0 Å². The van der Waals surface area contributed by atoms with Crippen LogP contribution in [0.4, 0.5) is 4.79 Å². The number of urea groups is 1. The molecule has 0 aliphatic carbocycles. The number of rotatable bonds is 10. The van der Waals surface area contributed by atoms with Gasteiger partial charge in [0.15, 0.2) is 0 Å². The highest BCUT2D eigenvalue weighted by molar-refractivity contribution is 5.73. The third kappa shape index (κ3) is 7.68. The summed E-state index contributed by atoms with van der Waals surface area (Å²) in [6, 6.07) is 16.9. The molecule has 2 amide bonds. The molecular weight excluding hydrogens is 342 g/mol. The second kappa shape index (κ2) is 11.2. The molecule has 0 aliphatic heterocycles. The maximum Gasteiger partial charge on any atom is 0.314 e. The first kappa shape index (κ1) is 20.7. The molecule has 0 unspecified atom stereocenters. The van der Waals surface area contributed by atoms with Crippen molar-refractivity contribution >= 4 is 6.03 Å². The first-order valence-electron chi connectivity index (χ1n) is 9.23. The summed E-state index contributed by atoms with van der Waals surface area (Å²) < 4.78 is 0. The molecule has 0 bridgehead atoms. The van der Waals surface area contributed by atoms with Crippen molar-refractivity contribution in [3.8, 4) is 5.75 Å². The summed E-state index contributed by atoms with van der Waals surface area (Å²) >= 11 is 0. The van der Waals surface area contributed by atoms with E-state index < -0.39 is 0 Å². The minimum Gasteiger partial charge on any atom is -0.508 e. The summed E-state index contributed by atoms with van der Waals surface area (Å²) in [6.07, 6.45) is 1.50. The molecule has 2 aromatic carbocycles. The highest BCUT2D eigenvalue weighted by Gasteiger charge is 2.16. The van der Waals surface area contributed by atoms with Crippen molar-refractivity contribution in [3.63, 3.8) is 0 Å². The lowest BCUT2D eigenvalue weighted by Gasteiger charge is -2.28. The fraction of sp³-hybridized carbons (Fsp3) is 0.381. The van der Waals surface area contributed by atoms with Gasteiger partial charge in [-0.15, -0.1) is 0 Å². The number of amides is 2. The summed E-state index contributed by atoms with van der Waals surface area (Å²) in [5.41, 5.74) is 2.25. The fourth-order valence-corrected chi connectivity index (χ4v) is 2.87. The number of carbonyl (C=O) groups excluding carboxylic acids is 1. The molecule has 0 aromatic heterocycles. The Morgan fingerprint density at radius 2 is 1.74 bits per heavy atom. The number of likely N-dealkylation sites (N-methyl/N-ethyl adjacent to an activating group) is 1. The maximum atomic E-state index is 12.1. The molecule has 0 heterocycles. The van der Waals surface area contributed by atoms with E-state index in [-0.39, 0.29) is 24.4 Å². The molecular formula is C21H29N3O3. The predicted molar refractivity (Wildman–Crippen MR) is 107 cm³/mol. The molecule has 146 valence electrons. The van der Waals surface area contributed by atoms with Gasteiger partial charge in [-0.2, -0.15) is 0 Å². The number of aliphatic hydroxyl groups excluding tert-OH is 1. The standard InChI is InChI=1S/C21H29N3O3/c1-24(13-14-25)19(15-18-7-9-20(26)10-8-18)16-23-21(27)22-12-11-17-5-3-2-4-6-17/h2-10,19,25-26H,11-16H2,1H3,(H2,22,23,27)/t19-/m0/s1. The smallest absolute Gasteiger partial charge is 0.314 e. The van der Waals surface area contributed by atoms with E-state index in [2.05, 4.69) is 10.6 Å². The fourth-order valence-electron chi connectivity index (χ4n) is 2.87. The molecule has 6 nitrogen and oxygen atoms in total. The Kier molecular flexibility index (Phi) is 8.61. The number of hydrogen-bond acceptors (Lipinski definition) is 4. The molecule has 0 aliphatic rings. The number of nitrogens with one attached hydrogen (secondary N) is 2. The largest absolute Gasteiger partial charge is 0.508 e. The van der Waals surface area contributed by atoms with Gasteiger partial charge in [-0.3, -0.25) is 4.90 Å². The first-order valence-corrected chi connectivity index (χ1v) is 9.23. The van der Waals surface area contributed by atoms with Crippen molar-refractivity contribution in [2.45, 2.75) is 18.9 Å². The molecule has 2 aromatic rings. The molecule has 0 saturated carbocycles. The Morgan fingerprint density at radius 1 is 1.04 bits per heavy atom.